The zero-order valence-corrected chi connectivity index (χ0v) is 11.7. The SMILES string of the molecule is CCc1ccccc1N1CC(c2noc(C)n2)CC1=O. The van der Waals surface area contributed by atoms with Gasteiger partial charge in [0.05, 0.1) is 0 Å². The normalized spacial score (nSPS) is 18.8. The molecule has 1 amide bonds. The van der Waals surface area contributed by atoms with Crippen LogP contribution in [0.5, 0.6) is 0 Å². The van der Waals surface area contributed by atoms with E-state index in [4.69, 9.17) is 4.52 Å². The van der Waals surface area contributed by atoms with Crippen LogP contribution in [0.25, 0.3) is 0 Å². The van der Waals surface area contributed by atoms with Crippen LogP contribution in [-0.4, -0.2) is 22.6 Å². The summed E-state index contributed by atoms with van der Waals surface area (Å²) in [5, 5.41) is 3.94. The predicted molar refractivity (Wildman–Crippen MR) is 74.6 cm³/mol. The summed E-state index contributed by atoms with van der Waals surface area (Å²) in [4.78, 5) is 18.4. The molecule has 1 fully saturated rings. The Labute approximate surface area is 117 Å². The number of carbonyl (C=O) groups excluding carboxylic acids is 1. The van der Waals surface area contributed by atoms with Crippen LogP contribution in [-0.2, 0) is 11.2 Å². The van der Waals surface area contributed by atoms with Crippen LogP contribution in [0, 0.1) is 6.92 Å². The molecule has 1 atom stereocenters. The van der Waals surface area contributed by atoms with Gasteiger partial charge in [0.2, 0.25) is 11.8 Å². The van der Waals surface area contributed by atoms with E-state index in [9.17, 15) is 4.79 Å². The maximum atomic E-state index is 12.3. The number of para-hydroxylation sites is 1. The summed E-state index contributed by atoms with van der Waals surface area (Å²) < 4.78 is 5.01. The van der Waals surface area contributed by atoms with E-state index < -0.39 is 0 Å². The molecule has 0 radical (unpaired) electrons. The highest BCUT2D eigenvalue weighted by Crippen LogP contribution is 2.32. The highest BCUT2D eigenvalue weighted by molar-refractivity contribution is 5.97. The molecule has 1 saturated heterocycles. The third-order valence-electron chi connectivity index (χ3n) is 3.70. The Hall–Kier alpha value is -2.17. The molecular formula is C15H17N3O2. The van der Waals surface area contributed by atoms with Crippen molar-refractivity contribution in [1.82, 2.24) is 10.1 Å². The fraction of sp³-hybridized carbons (Fsp3) is 0.400. The van der Waals surface area contributed by atoms with E-state index in [2.05, 4.69) is 23.1 Å². The summed E-state index contributed by atoms with van der Waals surface area (Å²) in [6, 6.07) is 8.03. The molecule has 2 aromatic rings. The summed E-state index contributed by atoms with van der Waals surface area (Å²) in [5.74, 6) is 1.32. The van der Waals surface area contributed by atoms with Gasteiger partial charge in [-0.1, -0.05) is 30.3 Å². The van der Waals surface area contributed by atoms with Crippen LogP contribution in [0.3, 0.4) is 0 Å². The number of benzene rings is 1. The molecule has 0 N–H and O–H groups in total. The number of aromatic nitrogens is 2. The quantitative estimate of drug-likeness (QED) is 0.860. The molecule has 0 spiro atoms. The summed E-state index contributed by atoms with van der Waals surface area (Å²) in [6.45, 7) is 4.48. The zero-order valence-electron chi connectivity index (χ0n) is 11.7. The number of aryl methyl sites for hydroxylation is 2. The molecule has 104 valence electrons. The maximum Gasteiger partial charge on any atom is 0.227 e. The highest BCUT2D eigenvalue weighted by atomic mass is 16.5. The van der Waals surface area contributed by atoms with Crippen LogP contribution in [0.1, 0.15) is 36.5 Å². The smallest absolute Gasteiger partial charge is 0.227 e. The molecule has 1 aromatic carbocycles. The van der Waals surface area contributed by atoms with E-state index in [1.54, 1.807) is 6.92 Å². The third-order valence-corrected chi connectivity index (χ3v) is 3.70. The van der Waals surface area contributed by atoms with Crippen molar-refractivity contribution in [2.75, 3.05) is 11.4 Å². The van der Waals surface area contributed by atoms with E-state index >= 15 is 0 Å². The van der Waals surface area contributed by atoms with Crippen LogP contribution in [0.4, 0.5) is 5.69 Å². The summed E-state index contributed by atoms with van der Waals surface area (Å²) >= 11 is 0. The average Bonchev–Trinajstić information content (AvgIpc) is 3.05. The molecular weight excluding hydrogens is 254 g/mol. The average molecular weight is 271 g/mol. The second-order valence-corrected chi connectivity index (χ2v) is 5.06. The van der Waals surface area contributed by atoms with Crippen molar-refractivity contribution in [2.45, 2.75) is 32.6 Å². The van der Waals surface area contributed by atoms with Crippen molar-refractivity contribution < 1.29 is 9.32 Å². The minimum atomic E-state index is 0.0184. The minimum absolute atomic E-state index is 0.0184. The van der Waals surface area contributed by atoms with E-state index in [1.807, 2.05) is 23.1 Å². The van der Waals surface area contributed by atoms with Gasteiger partial charge in [-0.2, -0.15) is 4.98 Å². The van der Waals surface area contributed by atoms with Gasteiger partial charge in [0.15, 0.2) is 5.82 Å². The predicted octanol–water partition coefficient (Wildman–Crippen LogP) is 2.46. The van der Waals surface area contributed by atoms with Gasteiger partial charge in [-0.15, -0.1) is 0 Å². The first-order valence-corrected chi connectivity index (χ1v) is 6.87. The van der Waals surface area contributed by atoms with Crippen molar-refractivity contribution in [3.63, 3.8) is 0 Å². The first-order valence-electron chi connectivity index (χ1n) is 6.87. The van der Waals surface area contributed by atoms with Crippen molar-refractivity contribution in [2.24, 2.45) is 0 Å². The largest absolute Gasteiger partial charge is 0.340 e. The standard InChI is InChI=1S/C15H17N3O2/c1-3-11-6-4-5-7-13(11)18-9-12(8-14(18)19)15-16-10(2)20-17-15/h4-7,12H,3,8-9H2,1-2H3. The molecule has 0 saturated carbocycles. The molecule has 1 unspecified atom stereocenters. The minimum Gasteiger partial charge on any atom is -0.340 e. The summed E-state index contributed by atoms with van der Waals surface area (Å²) in [5.41, 5.74) is 2.19. The number of nitrogens with zero attached hydrogens (tertiary/aromatic N) is 3. The molecule has 1 aliphatic rings. The number of amides is 1. The molecule has 5 heteroatoms. The first kappa shape index (κ1) is 12.8. The lowest BCUT2D eigenvalue weighted by Crippen LogP contribution is -2.25. The third kappa shape index (κ3) is 2.19. The lowest BCUT2D eigenvalue weighted by Gasteiger charge is -2.19. The van der Waals surface area contributed by atoms with Gasteiger partial charge in [-0.3, -0.25) is 4.79 Å². The molecule has 0 aliphatic carbocycles. The molecule has 2 heterocycles. The van der Waals surface area contributed by atoms with Gasteiger partial charge in [0.1, 0.15) is 0 Å². The topological polar surface area (TPSA) is 59.2 Å². The lowest BCUT2D eigenvalue weighted by molar-refractivity contribution is -0.117. The van der Waals surface area contributed by atoms with Crippen LogP contribution in [0.2, 0.25) is 0 Å². The Morgan fingerprint density at radius 2 is 2.20 bits per heavy atom. The first-order chi connectivity index (χ1) is 9.69. The Balaban J connectivity index is 1.87. The number of hydrogen-bond acceptors (Lipinski definition) is 4. The van der Waals surface area contributed by atoms with Crippen molar-refractivity contribution in [1.29, 1.82) is 0 Å². The maximum absolute atomic E-state index is 12.3. The molecule has 20 heavy (non-hydrogen) atoms. The van der Waals surface area contributed by atoms with Gasteiger partial charge >= 0.3 is 0 Å². The second kappa shape index (κ2) is 5.07. The van der Waals surface area contributed by atoms with Crippen molar-refractivity contribution >= 4 is 11.6 Å². The van der Waals surface area contributed by atoms with Gasteiger partial charge in [-0.25, -0.2) is 0 Å². The van der Waals surface area contributed by atoms with E-state index in [0.29, 0.717) is 24.7 Å². The van der Waals surface area contributed by atoms with Gasteiger partial charge < -0.3 is 9.42 Å². The lowest BCUT2D eigenvalue weighted by atomic mass is 10.1. The molecule has 1 aromatic heterocycles. The monoisotopic (exact) mass is 271 g/mol. The number of rotatable bonds is 3. The second-order valence-electron chi connectivity index (χ2n) is 5.06. The molecule has 3 rings (SSSR count). The fourth-order valence-corrected chi connectivity index (χ4v) is 2.67. The van der Waals surface area contributed by atoms with Crippen molar-refractivity contribution in [3.8, 4) is 0 Å². The fourth-order valence-electron chi connectivity index (χ4n) is 2.67. The Morgan fingerprint density at radius 3 is 2.90 bits per heavy atom. The van der Waals surface area contributed by atoms with Crippen LogP contribution < -0.4 is 4.90 Å². The van der Waals surface area contributed by atoms with Crippen molar-refractivity contribution in [3.05, 3.63) is 41.5 Å². The molecule has 0 bridgehead atoms. The Morgan fingerprint density at radius 1 is 1.40 bits per heavy atom. The zero-order chi connectivity index (χ0) is 14.1. The van der Waals surface area contributed by atoms with Crippen LogP contribution in [0.15, 0.2) is 28.8 Å². The van der Waals surface area contributed by atoms with Gasteiger partial charge in [0.25, 0.3) is 0 Å². The Kier molecular flexibility index (Phi) is 3.26. The highest BCUT2D eigenvalue weighted by Gasteiger charge is 2.34. The summed E-state index contributed by atoms with van der Waals surface area (Å²) in [7, 11) is 0. The van der Waals surface area contributed by atoms with E-state index in [-0.39, 0.29) is 11.8 Å². The Bertz CT molecular complexity index is 636. The summed E-state index contributed by atoms with van der Waals surface area (Å²) in [6.07, 6.45) is 1.35. The van der Waals surface area contributed by atoms with Crippen LogP contribution >= 0.6 is 0 Å². The van der Waals surface area contributed by atoms with Gasteiger partial charge in [0, 0.05) is 31.5 Å². The van der Waals surface area contributed by atoms with E-state index in [1.165, 1.54) is 5.56 Å². The molecule has 1 aliphatic heterocycles. The number of carbonyl (C=O) groups is 1. The number of hydrogen-bond donors (Lipinski definition) is 0. The van der Waals surface area contributed by atoms with E-state index in [0.717, 1.165) is 12.1 Å². The molecule has 5 nitrogen and oxygen atoms in total. The number of anilines is 1. The van der Waals surface area contributed by atoms with Gasteiger partial charge in [-0.05, 0) is 18.1 Å².